The largest absolute Gasteiger partial charge is 0.454 e. The van der Waals surface area contributed by atoms with E-state index in [9.17, 15) is 0 Å². The number of nitrogens with zero attached hydrogens (tertiary/aromatic N) is 8. The molecule has 0 aliphatic rings. The molecule has 20 rings (SSSR count). The zero-order chi connectivity index (χ0) is 66.0. The van der Waals surface area contributed by atoms with Crippen LogP contribution in [0.25, 0.3) is 189 Å². The molecule has 0 fully saturated rings. The number of benzene rings is 14. The molecule has 10 heteroatoms. The molecule has 10 nitrogen and oxygen atoms in total. The summed E-state index contributed by atoms with van der Waals surface area (Å²) in [5.74, 6) is 3.46. The van der Waals surface area contributed by atoms with E-state index in [0.29, 0.717) is 35.2 Å². The first-order valence-corrected chi connectivity index (χ1v) is 33.4. The van der Waals surface area contributed by atoms with E-state index in [4.69, 9.17) is 38.7 Å². The quantitative estimate of drug-likeness (QED) is 0.133. The van der Waals surface area contributed by atoms with Crippen molar-refractivity contribution < 1.29 is 8.83 Å². The number of para-hydroxylation sites is 3. The van der Waals surface area contributed by atoms with E-state index < -0.39 is 0 Å². The maximum absolute atomic E-state index is 6.95. The standard InChI is InChI=1S/2C45H28N4O/c1-4-14-29(15-5-1)32-20-12-21-33(28-32)44-46-43(31-18-8-3-9-19-31)47-45(48-44)49-39-25-11-10-22-35(39)36-26-27-38-37-24-13-23-34(30-16-6-2-7-17-30)41(37)50-42(38)40(36)49;1-4-13-29(14-5-1)32-19-12-20-34(27-32)44-46-43(31-17-8-3-9-18-31)47-45(48-44)49-39-22-11-10-21-35(39)37-25-26-38-36-24-23-33(30-15-6-2-7-16-30)28-40(36)50-42(38)41(37)49/h2*1-28H. The van der Waals surface area contributed by atoms with Gasteiger partial charge < -0.3 is 8.83 Å². The van der Waals surface area contributed by atoms with E-state index >= 15 is 0 Å². The van der Waals surface area contributed by atoms with Gasteiger partial charge in [0, 0.05) is 70.9 Å². The Balaban J connectivity index is 0.000000139. The molecule has 0 aliphatic heterocycles. The highest BCUT2D eigenvalue weighted by atomic mass is 16.3. The highest BCUT2D eigenvalue weighted by Crippen LogP contribution is 2.45. The van der Waals surface area contributed by atoms with Crippen molar-refractivity contribution in [1.29, 1.82) is 0 Å². The summed E-state index contributed by atoms with van der Waals surface area (Å²) in [6.45, 7) is 0. The molecule has 0 bridgehead atoms. The van der Waals surface area contributed by atoms with Gasteiger partial charge in [0.1, 0.15) is 22.2 Å². The van der Waals surface area contributed by atoms with Gasteiger partial charge in [0.25, 0.3) is 0 Å². The van der Waals surface area contributed by atoms with Crippen LogP contribution in [0.2, 0.25) is 0 Å². The lowest BCUT2D eigenvalue weighted by Crippen LogP contribution is -2.06. The second kappa shape index (κ2) is 24.2. The maximum atomic E-state index is 6.95. The molecule has 6 aromatic heterocycles. The van der Waals surface area contributed by atoms with E-state index in [2.05, 4.69) is 264 Å². The van der Waals surface area contributed by atoms with Gasteiger partial charge in [0.05, 0.1) is 11.0 Å². The number of hydrogen-bond donors (Lipinski definition) is 0. The Kier molecular flexibility index (Phi) is 14.0. The summed E-state index contributed by atoms with van der Waals surface area (Å²) >= 11 is 0. The Morgan fingerprint density at radius 2 is 0.530 bits per heavy atom. The second-order valence-corrected chi connectivity index (χ2v) is 24.9. The Labute approximate surface area is 573 Å². The van der Waals surface area contributed by atoms with Gasteiger partial charge in [-0.25, -0.2) is 9.97 Å². The lowest BCUT2D eigenvalue weighted by Gasteiger charge is -2.11. The molecule has 0 saturated carbocycles. The topological polar surface area (TPSA) is 113 Å². The number of hydrogen-bond acceptors (Lipinski definition) is 8. The van der Waals surface area contributed by atoms with Crippen LogP contribution >= 0.6 is 0 Å². The van der Waals surface area contributed by atoms with Crippen LogP contribution in [0.4, 0.5) is 0 Å². The predicted molar refractivity (Wildman–Crippen MR) is 406 cm³/mol. The molecule has 100 heavy (non-hydrogen) atoms. The summed E-state index contributed by atoms with van der Waals surface area (Å²) in [6, 6.07) is 117. The molecule has 0 atom stereocenters. The van der Waals surface area contributed by atoms with E-state index in [1.54, 1.807) is 0 Å². The van der Waals surface area contributed by atoms with Crippen molar-refractivity contribution in [3.8, 4) is 102 Å². The summed E-state index contributed by atoms with van der Waals surface area (Å²) in [5.41, 5.74) is 19.7. The Morgan fingerprint density at radius 3 is 1.01 bits per heavy atom. The molecule has 0 unspecified atom stereocenters. The van der Waals surface area contributed by atoms with Gasteiger partial charge in [0.15, 0.2) is 34.5 Å². The first-order chi connectivity index (χ1) is 49.6. The molecule has 14 aromatic carbocycles. The molecule has 0 aliphatic carbocycles. The monoisotopic (exact) mass is 1280 g/mol. The van der Waals surface area contributed by atoms with Crippen LogP contribution in [0.5, 0.6) is 0 Å². The summed E-state index contributed by atoms with van der Waals surface area (Å²) in [5, 5.41) is 8.57. The minimum Gasteiger partial charge on any atom is -0.454 e. The van der Waals surface area contributed by atoms with E-state index in [-0.39, 0.29) is 0 Å². The van der Waals surface area contributed by atoms with Crippen LogP contribution in [-0.2, 0) is 0 Å². The SMILES string of the molecule is c1ccc(-c2cccc(-c3nc(-c4ccccc4)nc(-n4c5ccccc5c5ccc6c7ccc(-c8ccccc8)cc7oc6c54)n3)c2)cc1.c1ccc(-c2cccc(-c3nc(-c4ccccc4)nc(-n4c5ccccc5c5ccc6c7cccc(-c8ccccc8)c7oc6c54)n3)c2)cc1. The van der Waals surface area contributed by atoms with Gasteiger partial charge in [-0.1, -0.05) is 291 Å². The molecule has 6 heterocycles. The molecule has 0 N–H and O–H groups in total. The number of furan rings is 2. The van der Waals surface area contributed by atoms with Gasteiger partial charge in [-0.05, 0) is 87.5 Å². The molecule has 0 spiro atoms. The third kappa shape index (κ3) is 10.0. The van der Waals surface area contributed by atoms with Gasteiger partial charge in [-0.3, -0.25) is 9.13 Å². The van der Waals surface area contributed by atoms with Crippen molar-refractivity contribution in [3.05, 3.63) is 340 Å². The molecule has 468 valence electrons. The van der Waals surface area contributed by atoms with Crippen molar-refractivity contribution in [1.82, 2.24) is 39.0 Å². The van der Waals surface area contributed by atoms with Crippen molar-refractivity contribution in [2.24, 2.45) is 0 Å². The summed E-state index contributed by atoms with van der Waals surface area (Å²) in [4.78, 5) is 30.9. The molecule has 0 amide bonds. The minimum absolute atomic E-state index is 0.529. The Bertz CT molecular complexity index is 6510. The lowest BCUT2D eigenvalue weighted by molar-refractivity contribution is 0.670. The summed E-state index contributed by atoms with van der Waals surface area (Å²) in [6.07, 6.45) is 0. The summed E-state index contributed by atoms with van der Waals surface area (Å²) in [7, 11) is 0. The van der Waals surface area contributed by atoms with Crippen molar-refractivity contribution in [2.45, 2.75) is 0 Å². The van der Waals surface area contributed by atoms with Gasteiger partial charge >= 0.3 is 0 Å². The summed E-state index contributed by atoms with van der Waals surface area (Å²) < 4.78 is 18.1. The Morgan fingerprint density at radius 1 is 0.200 bits per heavy atom. The van der Waals surface area contributed by atoms with Crippen LogP contribution in [0.15, 0.2) is 349 Å². The predicted octanol–water partition coefficient (Wildman–Crippen LogP) is 23.1. The van der Waals surface area contributed by atoms with Gasteiger partial charge in [-0.15, -0.1) is 0 Å². The fraction of sp³-hybridized carbons (Fsp3) is 0. The van der Waals surface area contributed by atoms with Crippen LogP contribution in [0.1, 0.15) is 0 Å². The van der Waals surface area contributed by atoms with Crippen LogP contribution in [0, 0.1) is 0 Å². The van der Waals surface area contributed by atoms with E-state index in [1.165, 1.54) is 0 Å². The van der Waals surface area contributed by atoms with Gasteiger partial charge in [-0.2, -0.15) is 19.9 Å². The van der Waals surface area contributed by atoms with Crippen LogP contribution in [0.3, 0.4) is 0 Å². The molecule has 0 radical (unpaired) electrons. The van der Waals surface area contributed by atoms with Crippen LogP contribution in [-0.4, -0.2) is 39.0 Å². The van der Waals surface area contributed by atoms with Gasteiger partial charge in [0.2, 0.25) is 11.9 Å². The number of fused-ring (bicyclic) bond motifs is 14. The smallest absolute Gasteiger partial charge is 0.238 e. The number of aromatic nitrogens is 8. The molecular formula is C90H56N8O2. The fourth-order valence-electron chi connectivity index (χ4n) is 14.2. The van der Waals surface area contributed by atoms with Crippen LogP contribution < -0.4 is 0 Å². The second-order valence-electron chi connectivity index (χ2n) is 24.9. The fourth-order valence-corrected chi connectivity index (χ4v) is 14.2. The first-order valence-electron chi connectivity index (χ1n) is 33.4. The van der Waals surface area contributed by atoms with E-state index in [1.807, 2.05) is 84.9 Å². The van der Waals surface area contributed by atoms with Crippen molar-refractivity contribution in [2.75, 3.05) is 0 Å². The highest BCUT2D eigenvalue weighted by molar-refractivity contribution is 6.23. The maximum Gasteiger partial charge on any atom is 0.238 e. The number of rotatable bonds is 10. The van der Waals surface area contributed by atoms with Crippen molar-refractivity contribution in [3.63, 3.8) is 0 Å². The zero-order valence-corrected chi connectivity index (χ0v) is 53.7. The molecule has 0 saturated heterocycles. The highest BCUT2D eigenvalue weighted by Gasteiger charge is 2.26. The third-order valence-corrected chi connectivity index (χ3v) is 18.9. The first kappa shape index (κ1) is 57.7. The normalized spacial score (nSPS) is 11.6. The molecule has 20 aromatic rings. The zero-order valence-electron chi connectivity index (χ0n) is 53.7. The lowest BCUT2D eigenvalue weighted by atomic mass is 10.0. The average molecular weight is 1280 g/mol. The van der Waals surface area contributed by atoms with Crippen molar-refractivity contribution >= 4 is 87.5 Å². The molecular weight excluding hydrogens is 1230 g/mol. The average Bonchev–Trinajstić information content (AvgIpc) is 1.56. The van der Waals surface area contributed by atoms with E-state index in [0.717, 1.165) is 154 Å². The Hall–Kier alpha value is -13.7. The minimum atomic E-state index is 0.529. The third-order valence-electron chi connectivity index (χ3n) is 18.9.